The van der Waals surface area contributed by atoms with Gasteiger partial charge in [-0.15, -0.1) is 11.8 Å². The molecule has 0 N–H and O–H groups in total. The van der Waals surface area contributed by atoms with Crippen LogP contribution in [0.25, 0.3) is 0 Å². The molecule has 0 bridgehead atoms. The van der Waals surface area contributed by atoms with E-state index < -0.39 is 0 Å². The minimum absolute atomic E-state index is 1.15. The van der Waals surface area contributed by atoms with Crippen molar-refractivity contribution < 1.29 is 0 Å². The van der Waals surface area contributed by atoms with Crippen molar-refractivity contribution in [3.63, 3.8) is 0 Å². The predicted molar refractivity (Wildman–Crippen MR) is 35.4 cm³/mol. The zero-order valence-corrected chi connectivity index (χ0v) is 5.16. The number of hydrogen-bond acceptors (Lipinski definition) is 1. The lowest BCUT2D eigenvalue weighted by molar-refractivity contribution is 1.42. The SMILES string of the molecule is CSC1=CC=CC1. The van der Waals surface area contributed by atoms with Gasteiger partial charge in [-0.3, -0.25) is 0 Å². The molecule has 0 saturated heterocycles. The average molecular weight is 112 g/mol. The van der Waals surface area contributed by atoms with Crippen molar-refractivity contribution in [3.05, 3.63) is 23.1 Å². The first-order chi connectivity index (χ1) is 3.43. The van der Waals surface area contributed by atoms with Crippen molar-refractivity contribution in [2.45, 2.75) is 6.42 Å². The second-order valence-corrected chi connectivity index (χ2v) is 2.40. The van der Waals surface area contributed by atoms with Crippen LogP contribution >= 0.6 is 11.8 Å². The molecule has 1 heteroatoms. The lowest BCUT2D eigenvalue weighted by Crippen LogP contribution is -1.61. The Morgan fingerprint density at radius 3 is 2.86 bits per heavy atom. The molecular formula is C6H8S. The van der Waals surface area contributed by atoms with Crippen molar-refractivity contribution in [1.29, 1.82) is 0 Å². The molecule has 1 aliphatic rings. The first-order valence-corrected chi connectivity index (χ1v) is 3.55. The van der Waals surface area contributed by atoms with Gasteiger partial charge in [0.2, 0.25) is 0 Å². The van der Waals surface area contributed by atoms with Crippen LogP contribution in [0.5, 0.6) is 0 Å². The van der Waals surface area contributed by atoms with Gasteiger partial charge in [0.05, 0.1) is 0 Å². The summed E-state index contributed by atoms with van der Waals surface area (Å²) in [7, 11) is 0. The Kier molecular flexibility index (Phi) is 1.58. The van der Waals surface area contributed by atoms with Gasteiger partial charge in [0.1, 0.15) is 0 Å². The first kappa shape index (κ1) is 4.98. The number of thioether (sulfide) groups is 1. The van der Waals surface area contributed by atoms with Crippen LogP contribution in [0.4, 0.5) is 0 Å². The van der Waals surface area contributed by atoms with Gasteiger partial charge in [0, 0.05) is 0 Å². The van der Waals surface area contributed by atoms with Gasteiger partial charge in [0.15, 0.2) is 0 Å². The van der Waals surface area contributed by atoms with E-state index in [2.05, 4.69) is 24.5 Å². The third-order valence-electron chi connectivity index (χ3n) is 0.999. The highest BCUT2D eigenvalue weighted by Gasteiger charge is 1.92. The molecule has 0 heterocycles. The van der Waals surface area contributed by atoms with E-state index in [0.29, 0.717) is 0 Å². The van der Waals surface area contributed by atoms with Gasteiger partial charge in [-0.25, -0.2) is 0 Å². The van der Waals surface area contributed by atoms with Gasteiger partial charge >= 0.3 is 0 Å². The fraction of sp³-hybridized carbons (Fsp3) is 0.333. The van der Waals surface area contributed by atoms with Crippen molar-refractivity contribution in [3.8, 4) is 0 Å². The molecule has 0 aromatic rings. The summed E-state index contributed by atoms with van der Waals surface area (Å²) in [6.07, 6.45) is 9.70. The van der Waals surface area contributed by atoms with Crippen LogP contribution in [0.1, 0.15) is 6.42 Å². The molecule has 1 aliphatic carbocycles. The summed E-state index contributed by atoms with van der Waals surface area (Å²) in [6, 6.07) is 0. The fourth-order valence-electron chi connectivity index (χ4n) is 0.579. The summed E-state index contributed by atoms with van der Waals surface area (Å²) in [5.41, 5.74) is 0. The van der Waals surface area contributed by atoms with Crippen molar-refractivity contribution in [1.82, 2.24) is 0 Å². The molecule has 7 heavy (non-hydrogen) atoms. The van der Waals surface area contributed by atoms with E-state index in [0.717, 1.165) is 6.42 Å². The average Bonchev–Trinajstić information content (AvgIpc) is 2.14. The Morgan fingerprint density at radius 2 is 2.57 bits per heavy atom. The maximum atomic E-state index is 2.17. The van der Waals surface area contributed by atoms with E-state index in [1.54, 1.807) is 0 Å². The lowest BCUT2D eigenvalue weighted by atomic mass is 10.5. The minimum atomic E-state index is 1.15. The van der Waals surface area contributed by atoms with Crippen molar-refractivity contribution >= 4 is 11.8 Å². The minimum Gasteiger partial charge on any atom is -0.134 e. The highest BCUT2D eigenvalue weighted by Crippen LogP contribution is 2.20. The van der Waals surface area contributed by atoms with Crippen LogP contribution in [-0.2, 0) is 0 Å². The van der Waals surface area contributed by atoms with Crippen LogP contribution in [0.15, 0.2) is 23.1 Å². The molecule has 0 fully saturated rings. The smallest absolute Gasteiger partial charge is 0.00343 e. The van der Waals surface area contributed by atoms with Crippen molar-refractivity contribution in [2.24, 2.45) is 0 Å². The maximum Gasteiger partial charge on any atom is -0.00343 e. The Bertz CT molecular complexity index is 111. The molecule has 0 aromatic heterocycles. The van der Waals surface area contributed by atoms with Crippen LogP contribution in [-0.4, -0.2) is 6.26 Å². The molecule has 38 valence electrons. The third kappa shape index (κ3) is 1.10. The Hall–Kier alpha value is -0.170. The van der Waals surface area contributed by atoms with Gasteiger partial charge < -0.3 is 0 Å². The monoisotopic (exact) mass is 112 g/mol. The lowest BCUT2D eigenvalue weighted by Gasteiger charge is -1.88. The van der Waals surface area contributed by atoms with Crippen LogP contribution in [0.2, 0.25) is 0 Å². The van der Waals surface area contributed by atoms with E-state index in [1.165, 1.54) is 4.91 Å². The predicted octanol–water partition coefficient (Wildman–Crippen LogP) is 2.19. The molecule has 0 amide bonds. The van der Waals surface area contributed by atoms with Gasteiger partial charge in [0.25, 0.3) is 0 Å². The second kappa shape index (κ2) is 2.22. The highest BCUT2D eigenvalue weighted by molar-refractivity contribution is 8.02. The maximum absolute atomic E-state index is 2.17. The molecule has 0 radical (unpaired) electrons. The Balaban J connectivity index is 2.45. The fourth-order valence-corrected chi connectivity index (χ4v) is 1.06. The van der Waals surface area contributed by atoms with Gasteiger partial charge in [-0.2, -0.15) is 0 Å². The molecule has 0 spiro atoms. The Morgan fingerprint density at radius 1 is 1.71 bits per heavy atom. The largest absolute Gasteiger partial charge is 0.134 e. The number of hydrogen-bond donors (Lipinski definition) is 0. The second-order valence-electron chi connectivity index (χ2n) is 1.47. The normalized spacial score (nSPS) is 17.6. The summed E-state index contributed by atoms with van der Waals surface area (Å²) >= 11 is 1.83. The number of allylic oxidation sites excluding steroid dienone is 4. The first-order valence-electron chi connectivity index (χ1n) is 2.33. The molecule has 1 rings (SSSR count). The zero-order chi connectivity index (χ0) is 5.11. The third-order valence-corrected chi connectivity index (χ3v) is 1.83. The van der Waals surface area contributed by atoms with E-state index >= 15 is 0 Å². The molecule has 0 saturated carbocycles. The van der Waals surface area contributed by atoms with E-state index in [9.17, 15) is 0 Å². The van der Waals surface area contributed by atoms with Crippen LogP contribution in [0, 0.1) is 0 Å². The summed E-state index contributed by atoms with van der Waals surface area (Å²) in [5, 5.41) is 0. The molecule has 0 nitrogen and oxygen atoms in total. The highest BCUT2D eigenvalue weighted by atomic mass is 32.2. The summed E-state index contributed by atoms with van der Waals surface area (Å²) in [5.74, 6) is 0. The standard InChI is InChI=1S/C6H8S/c1-7-6-4-2-3-5-6/h2-4H,5H2,1H3. The zero-order valence-electron chi connectivity index (χ0n) is 4.35. The van der Waals surface area contributed by atoms with Crippen LogP contribution < -0.4 is 0 Å². The summed E-state index contributed by atoms with van der Waals surface area (Å²) in [4.78, 5) is 1.47. The molecule has 0 aliphatic heterocycles. The van der Waals surface area contributed by atoms with Crippen LogP contribution in [0.3, 0.4) is 0 Å². The Labute approximate surface area is 48.3 Å². The van der Waals surface area contributed by atoms with E-state index in [1.807, 2.05) is 11.8 Å². The summed E-state index contributed by atoms with van der Waals surface area (Å²) in [6.45, 7) is 0. The van der Waals surface area contributed by atoms with Crippen molar-refractivity contribution in [2.75, 3.05) is 6.26 Å². The number of rotatable bonds is 1. The quantitative estimate of drug-likeness (QED) is 0.501. The van der Waals surface area contributed by atoms with E-state index in [4.69, 9.17) is 0 Å². The topological polar surface area (TPSA) is 0 Å². The molecule has 0 aromatic carbocycles. The molecule has 0 unspecified atom stereocenters. The van der Waals surface area contributed by atoms with Gasteiger partial charge in [-0.05, 0) is 17.6 Å². The summed E-state index contributed by atoms with van der Waals surface area (Å²) < 4.78 is 0. The molecular weight excluding hydrogens is 104 g/mol. The van der Waals surface area contributed by atoms with E-state index in [-0.39, 0.29) is 0 Å². The van der Waals surface area contributed by atoms with Gasteiger partial charge in [-0.1, -0.05) is 18.2 Å². The molecule has 0 atom stereocenters.